The normalized spacial score (nSPS) is 29.9. The summed E-state index contributed by atoms with van der Waals surface area (Å²) in [5, 5.41) is 10.5. The van der Waals surface area contributed by atoms with Gasteiger partial charge in [0.2, 0.25) is 0 Å². The summed E-state index contributed by atoms with van der Waals surface area (Å²) in [4.78, 5) is 2.38. The second-order valence-corrected chi connectivity index (χ2v) is 4.90. The number of aryl methyl sites for hydroxylation is 1. The molecule has 0 radical (unpaired) electrons. The second-order valence-electron chi connectivity index (χ2n) is 4.90. The number of rotatable bonds is 1. The van der Waals surface area contributed by atoms with Crippen LogP contribution in [0.1, 0.15) is 23.7 Å². The number of hydrogen-bond acceptors (Lipinski definition) is 3. The number of aliphatic hydroxyl groups is 1. The summed E-state index contributed by atoms with van der Waals surface area (Å²) >= 11 is 0. The highest BCUT2D eigenvalue weighted by Gasteiger charge is 2.32. The van der Waals surface area contributed by atoms with Crippen molar-refractivity contribution < 1.29 is 9.84 Å². The number of hydrogen-bond donors (Lipinski definition) is 1. The molecule has 2 unspecified atom stereocenters. The molecule has 0 amide bonds. The Bertz CT molecular complexity index is 388. The molecule has 1 heterocycles. The molecule has 1 fully saturated rings. The van der Waals surface area contributed by atoms with Crippen LogP contribution < -0.4 is 0 Å². The van der Waals surface area contributed by atoms with Gasteiger partial charge < -0.3 is 9.84 Å². The molecule has 1 aliphatic carbocycles. The molecule has 92 valence electrons. The topological polar surface area (TPSA) is 32.7 Å². The van der Waals surface area contributed by atoms with Gasteiger partial charge in [0.1, 0.15) is 0 Å². The van der Waals surface area contributed by atoms with Crippen molar-refractivity contribution in [3.05, 3.63) is 35.4 Å². The summed E-state index contributed by atoms with van der Waals surface area (Å²) < 4.78 is 5.37. The van der Waals surface area contributed by atoms with Crippen molar-refractivity contribution in [2.45, 2.75) is 25.0 Å². The molecule has 3 nitrogen and oxygen atoms in total. The Balaban J connectivity index is 1.81. The minimum Gasteiger partial charge on any atom is -0.387 e. The Morgan fingerprint density at radius 3 is 2.76 bits per heavy atom. The van der Waals surface area contributed by atoms with Crippen molar-refractivity contribution >= 4 is 0 Å². The van der Waals surface area contributed by atoms with Crippen LogP contribution in [-0.2, 0) is 11.2 Å². The smallest absolute Gasteiger partial charge is 0.0947 e. The van der Waals surface area contributed by atoms with Gasteiger partial charge in [-0.3, -0.25) is 4.90 Å². The van der Waals surface area contributed by atoms with Gasteiger partial charge in [0.25, 0.3) is 0 Å². The monoisotopic (exact) mass is 233 g/mol. The van der Waals surface area contributed by atoms with Gasteiger partial charge in [0.05, 0.1) is 19.3 Å². The van der Waals surface area contributed by atoms with E-state index >= 15 is 0 Å². The minimum absolute atomic E-state index is 0.272. The molecule has 2 aliphatic rings. The molecular weight excluding hydrogens is 214 g/mol. The molecule has 0 aromatic heterocycles. The molecule has 1 aromatic carbocycles. The molecule has 1 aromatic rings. The first-order valence-electron chi connectivity index (χ1n) is 6.44. The van der Waals surface area contributed by atoms with Crippen molar-refractivity contribution in [2.75, 3.05) is 26.3 Å². The summed E-state index contributed by atoms with van der Waals surface area (Å²) in [7, 11) is 0. The van der Waals surface area contributed by atoms with Gasteiger partial charge in [-0.25, -0.2) is 0 Å². The molecule has 1 N–H and O–H groups in total. The van der Waals surface area contributed by atoms with E-state index in [2.05, 4.69) is 23.1 Å². The van der Waals surface area contributed by atoms with Crippen molar-refractivity contribution in [2.24, 2.45) is 0 Å². The lowest BCUT2D eigenvalue weighted by atomic mass is 9.85. The number of fused-ring (bicyclic) bond motifs is 1. The van der Waals surface area contributed by atoms with E-state index in [1.165, 1.54) is 5.56 Å². The van der Waals surface area contributed by atoms with Gasteiger partial charge in [0.15, 0.2) is 0 Å². The van der Waals surface area contributed by atoms with Crippen LogP contribution in [0.4, 0.5) is 0 Å². The fourth-order valence-corrected chi connectivity index (χ4v) is 3.01. The van der Waals surface area contributed by atoms with Crippen LogP contribution in [-0.4, -0.2) is 42.4 Å². The highest BCUT2D eigenvalue weighted by Crippen LogP contribution is 2.33. The summed E-state index contributed by atoms with van der Waals surface area (Å²) in [6.07, 6.45) is 1.80. The third kappa shape index (κ3) is 2.10. The van der Waals surface area contributed by atoms with Crippen molar-refractivity contribution in [1.82, 2.24) is 4.90 Å². The van der Waals surface area contributed by atoms with Crippen molar-refractivity contribution in [1.29, 1.82) is 0 Å². The van der Waals surface area contributed by atoms with E-state index in [0.717, 1.165) is 44.7 Å². The largest absolute Gasteiger partial charge is 0.387 e. The van der Waals surface area contributed by atoms with Gasteiger partial charge >= 0.3 is 0 Å². The zero-order chi connectivity index (χ0) is 11.7. The van der Waals surface area contributed by atoms with E-state index in [4.69, 9.17) is 4.74 Å². The molecule has 0 spiro atoms. The molecule has 0 saturated carbocycles. The number of aliphatic hydroxyl groups excluding tert-OH is 1. The molecular formula is C14H19NO2. The first-order valence-corrected chi connectivity index (χ1v) is 6.44. The maximum absolute atomic E-state index is 10.5. The lowest BCUT2D eigenvalue weighted by Crippen LogP contribution is -2.47. The van der Waals surface area contributed by atoms with E-state index in [9.17, 15) is 5.11 Å². The molecule has 3 heteroatoms. The number of morpholine rings is 1. The standard InChI is InChI=1S/C14H19NO2/c16-14-12-4-2-1-3-11(12)5-6-13(14)15-7-9-17-10-8-15/h1-4,13-14,16H,5-10H2. The minimum atomic E-state index is -0.335. The average molecular weight is 233 g/mol. The van der Waals surface area contributed by atoms with Crippen LogP contribution >= 0.6 is 0 Å². The fraction of sp³-hybridized carbons (Fsp3) is 0.571. The number of benzene rings is 1. The molecule has 2 atom stereocenters. The number of ether oxygens (including phenoxy) is 1. The third-order valence-corrected chi connectivity index (χ3v) is 3.96. The molecule has 1 saturated heterocycles. The number of nitrogens with zero attached hydrogens (tertiary/aromatic N) is 1. The summed E-state index contributed by atoms with van der Waals surface area (Å²) in [5.74, 6) is 0. The maximum Gasteiger partial charge on any atom is 0.0947 e. The first-order chi connectivity index (χ1) is 8.36. The third-order valence-electron chi connectivity index (χ3n) is 3.96. The first kappa shape index (κ1) is 11.2. The van der Waals surface area contributed by atoms with Gasteiger partial charge in [-0.1, -0.05) is 24.3 Å². The van der Waals surface area contributed by atoms with Crippen molar-refractivity contribution in [3.8, 4) is 0 Å². The van der Waals surface area contributed by atoms with E-state index < -0.39 is 0 Å². The van der Waals surface area contributed by atoms with E-state index in [0.29, 0.717) is 0 Å². The maximum atomic E-state index is 10.5. The quantitative estimate of drug-likeness (QED) is 0.795. The van der Waals surface area contributed by atoms with E-state index in [-0.39, 0.29) is 12.1 Å². The Hall–Kier alpha value is -0.900. The predicted octanol–water partition coefficient (Wildman–Crippen LogP) is 1.37. The summed E-state index contributed by atoms with van der Waals surface area (Å²) in [5.41, 5.74) is 2.43. The molecule has 1 aliphatic heterocycles. The van der Waals surface area contributed by atoms with Crippen LogP contribution in [0, 0.1) is 0 Å². The van der Waals surface area contributed by atoms with Crippen LogP contribution in [0.5, 0.6) is 0 Å². The summed E-state index contributed by atoms with van der Waals surface area (Å²) in [6, 6.07) is 8.54. The second kappa shape index (κ2) is 4.77. The molecule has 17 heavy (non-hydrogen) atoms. The Morgan fingerprint density at radius 2 is 1.94 bits per heavy atom. The summed E-state index contributed by atoms with van der Waals surface area (Å²) in [6.45, 7) is 3.49. The Morgan fingerprint density at radius 1 is 1.18 bits per heavy atom. The highest BCUT2D eigenvalue weighted by molar-refractivity contribution is 5.32. The van der Waals surface area contributed by atoms with Crippen LogP contribution in [0.15, 0.2) is 24.3 Å². The highest BCUT2D eigenvalue weighted by atomic mass is 16.5. The fourth-order valence-electron chi connectivity index (χ4n) is 3.01. The SMILES string of the molecule is OC1c2ccccc2CCC1N1CCOCC1. The average Bonchev–Trinajstić information content (AvgIpc) is 2.40. The predicted molar refractivity (Wildman–Crippen MR) is 65.9 cm³/mol. The lowest BCUT2D eigenvalue weighted by Gasteiger charge is -2.40. The Labute approximate surface area is 102 Å². The van der Waals surface area contributed by atoms with Gasteiger partial charge in [-0.15, -0.1) is 0 Å². The van der Waals surface area contributed by atoms with Gasteiger partial charge in [-0.2, -0.15) is 0 Å². The molecule has 3 rings (SSSR count). The van der Waals surface area contributed by atoms with E-state index in [1.807, 2.05) is 6.07 Å². The molecule has 0 bridgehead atoms. The Kier molecular flexibility index (Phi) is 3.14. The van der Waals surface area contributed by atoms with Crippen LogP contribution in [0.3, 0.4) is 0 Å². The van der Waals surface area contributed by atoms with Crippen LogP contribution in [0.25, 0.3) is 0 Å². The van der Waals surface area contributed by atoms with Gasteiger partial charge in [-0.05, 0) is 24.0 Å². The van der Waals surface area contributed by atoms with Crippen LogP contribution in [0.2, 0.25) is 0 Å². The van der Waals surface area contributed by atoms with Gasteiger partial charge in [0, 0.05) is 19.1 Å². The zero-order valence-corrected chi connectivity index (χ0v) is 10.0. The van der Waals surface area contributed by atoms with Crippen molar-refractivity contribution in [3.63, 3.8) is 0 Å². The van der Waals surface area contributed by atoms with E-state index in [1.54, 1.807) is 0 Å². The lowest BCUT2D eigenvalue weighted by molar-refractivity contribution is -0.0285. The zero-order valence-electron chi connectivity index (χ0n) is 10.0.